The molecule has 0 rings (SSSR count). The SMILES string of the molecule is C=C[C@@H](C)/C=C\C(N)OC. The first-order chi connectivity index (χ1) is 4.70. The highest BCUT2D eigenvalue weighted by molar-refractivity contribution is 4.96. The van der Waals surface area contributed by atoms with Crippen LogP contribution in [0.25, 0.3) is 0 Å². The van der Waals surface area contributed by atoms with Gasteiger partial charge in [0.15, 0.2) is 0 Å². The zero-order valence-corrected chi connectivity index (χ0v) is 6.58. The minimum atomic E-state index is -0.289. The molecule has 0 aliphatic carbocycles. The topological polar surface area (TPSA) is 35.2 Å². The number of rotatable bonds is 4. The average Bonchev–Trinajstić information content (AvgIpc) is 1.99. The molecule has 0 aliphatic heterocycles. The Balaban J connectivity index is 3.62. The summed E-state index contributed by atoms with van der Waals surface area (Å²) in [6.45, 7) is 5.67. The van der Waals surface area contributed by atoms with Gasteiger partial charge in [0.25, 0.3) is 0 Å². The van der Waals surface area contributed by atoms with Crippen molar-refractivity contribution in [1.82, 2.24) is 0 Å². The van der Waals surface area contributed by atoms with E-state index in [1.165, 1.54) is 0 Å². The maximum absolute atomic E-state index is 5.43. The molecular formula is C8H15NO. The van der Waals surface area contributed by atoms with Crippen molar-refractivity contribution in [2.24, 2.45) is 11.7 Å². The van der Waals surface area contributed by atoms with E-state index in [0.717, 1.165) is 0 Å². The second kappa shape index (κ2) is 5.21. The molecule has 0 spiro atoms. The van der Waals surface area contributed by atoms with Gasteiger partial charge in [-0.2, -0.15) is 0 Å². The summed E-state index contributed by atoms with van der Waals surface area (Å²) in [5.74, 6) is 0.362. The maximum atomic E-state index is 5.43. The van der Waals surface area contributed by atoms with Crippen molar-refractivity contribution in [3.63, 3.8) is 0 Å². The van der Waals surface area contributed by atoms with Crippen molar-refractivity contribution >= 4 is 0 Å². The molecule has 2 N–H and O–H groups in total. The van der Waals surface area contributed by atoms with E-state index in [9.17, 15) is 0 Å². The molecule has 0 heterocycles. The van der Waals surface area contributed by atoms with Gasteiger partial charge in [-0.15, -0.1) is 6.58 Å². The summed E-state index contributed by atoms with van der Waals surface area (Å²) in [6.07, 6.45) is 5.33. The zero-order chi connectivity index (χ0) is 7.98. The van der Waals surface area contributed by atoms with Crippen LogP contribution in [0, 0.1) is 5.92 Å². The lowest BCUT2D eigenvalue weighted by Crippen LogP contribution is -2.18. The van der Waals surface area contributed by atoms with Gasteiger partial charge < -0.3 is 10.5 Å². The Morgan fingerprint density at radius 2 is 2.10 bits per heavy atom. The van der Waals surface area contributed by atoms with Gasteiger partial charge in [-0.05, 0) is 12.0 Å². The fraction of sp³-hybridized carbons (Fsp3) is 0.500. The van der Waals surface area contributed by atoms with E-state index in [-0.39, 0.29) is 6.23 Å². The minimum absolute atomic E-state index is 0.289. The molecule has 0 amide bonds. The fourth-order valence-corrected chi connectivity index (χ4v) is 0.442. The lowest BCUT2D eigenvalue weighted by molar-refractivity contribution is 0.146. The van der Waals surface area contributed by atoms with Gasteiger partial charge in [0, 0.05) is 7.11 Å². The molecule has 58 valence electrons. The standard InChI is InChI=1S/C8H15NO/c1-4-7(2)5-6-8(9)10-3/h4-8H,1,9H2,2-3H3/b6-5-/t7-,8?/m1/s1. The van der Waals surface area contributed by atoms with E-state index >= 15 is 0 Å². The highest BCUT2D eigenvalue weighted by atomic mass is 16.5. The number of allylic oxidation sites excluding steroid dienone is 2. The second-order valence-corrected chi connectivity index (χ2v) is 2.18. The number of nitrogens with two attached hydrogens (primary N) is 1. The van der Waals surface area contributed by atoms with Crippen LogP contribution in [-0.2, 0) is 4.74 Å². The lowest BCUT2D eigenvalue weighted by atomic mass is 10.1. The molecule has 0 aromatic rings. The number of ether oxygens (including phenoxy) is 1. The number of hydrogen-bond donors (Lipinski definition) is 1. The first-order valence-corrected chi connectivity index (χ1v) is 3.30. The number of methoxy groups -OCH3 is 1. The van der Waals surface area contributed by atoms with Crippen LogP contribution in [0.2, 0.25) is 0 Å². The van der Waals surface area contributed by atoms with Crippen molar-refractivity contribution in [3.8, 4) is 0 Å². The van der Waals surface area contributed by atoms with Gasteiger partial charge in [-0.3, -0.25) is 0 Å². The summed E-state index contributed by atoms with van der Waals surface area (Å²) in [5.41, 5.74) is 5.43. The van der Waals surface area contributed by atoms with Crippen molar-refractivity contribution < 1.29 is 4.74 Å². The Labute approximate surface area is 62.4 Å². The van der Waals surface area contributed by atoms with Crippen LogP contribution in [0.1, 0.15) is 6.92 Å². The molecule has 0 aliphatic rings. The largest absolute Gasteiger partial charge is 0.363 e. The van der Waals surface area contributed by atoms with Gasteiger partial charge in [0.1, 0.15) is 6.23 Å². The van der Waals surface area contributed by atoms with Gasteiger partial charge in [0.2, 0.25) is 0 Å². The Hall–Kier alpha value is -0.600. The molecule has 0 fully saturated rings. The predicted molar refractivity (Wildman–Crippen MR) is 43.5 cm³/mol. The van der Waals surface area contributed by atoms with Crippen molar-refractivity contribution in [2.75, 3.05) is 7.11 Å². The molecule has 10 heavy (non-hydrogen) atoms. The molecule has 0 bridgehead atoms. The molecule has 0 saturated carbocycles. The summed E-state index contributed by atoms with van der Waals surface area (Å²) in [4.78, 5) is 0. The molecule has 0 saturated heterocycles. The zero-order valence-electron chi connectivity index (χ0n) is 6.58. The third-order valence-electron chi connectivity index (χ3n) is 1.25. The Morgan fingerprint density at radius 3 is 2.50 bits per heavy atom. The van der Waals surface area contributed by atoms with Crippen LogP contribution in [0.4, 0.5) is 0 Å². The first kappa shape index (κ1) is 9.40. The summed E-state index contributed by atoms with van der Waals surface area (Å²) >= 11 is 0. The summed E-state index contributed by atoms with van der Waals surface area (Å²) in [6, 6.07) is 0. The maximum Gasteiger partial charge on any atom is 0.124 e. The van der Waals surface area contributed by atoms with Gasteiger partial charge >= 0.3 is 0 Å². The second-order valence-electron chi connectivity index (χ2n) is 2.18. The van der Waals surface area contributed by atoms with E-state index in [4.69, 9.17) is 10.5 Å². The van der Waals surface area contributed by atoms with Crippen molar-refractivity contribution in [3.05, 3.63) is 24.8 Å². The molecular weight excluding hydrogens is 126 g/mol. The number of hydrogen-bond acceptors (Lipinski definition) is 2. The van der Waals surface area contributed by atoms with E-state index < -0.39 is 0 Å². The quantitative estimate of drug-likeness (QED) is 0.473. The molecule has 0 aromatic heterocycles. The van der Waals surface area contributed by atoms with Crippen LogP contribution in [0.3, 0.4) is 0 Å². The van der Waals surface area contributed by atoms with Crippen molar-refractivity contribution in [2.45, 2.75) is 13.2 Å². The van der Waals surface area contributed by atoms with E-state index in [2.05, 4.69) is 6.58 Å². The molecule has 1 unspecified atom stereocenters. The van der Waals surface area contributed by atoms with E-state index in [1.54, 1.807) is 7.11 Å². The summed E-state index contributed by atoms with van der Waals surface area (Å²) < 4.78 is 4.80. The van der Waals surface area contributed by atoms with Gasteiger partial charge in [-0.1, -0.05) is 19.1 Å². The lowest BCUT2D eigenvalue weighted by Gasteiger charge is -2.02. The molecule has 2 atom stereocenters. The highest BCUT2D eigenvalue weighted by Crippen LogP contribution is 1.97. The summed E-state index contributed by atoms with van der Waals surface area (Å²) in [5, 5.41) is 0. The normalized spacial score (nSPS) is 17.1. The predicted octanol–water partition coefficient (Wildman–Crippen LogP) is 1.30. The van der Waals surface area contributed by atoms with Crippen LogP contribution in [-0.4, -0.2) is 13.3 Å². The molecule has 2 heteroatoms. The first-order valence-electron chi connectivity index (χ1n) is 3.30. The third-order valence-corrected chi connectivity index (χ3v) is 1.25. The Bertz CT molecular complexity index is 120. The molecule has 0 radical (unpaired) electrons. The smallest absolute Gasteiger partial charge is 0.124 e. The summed E-state index contributed by atoms with van der Waals surface area (Å²) in [7, 11) is 1.58. The minimum Gasteiger partial charge on any atom is -0.363 e. The van der Waals surface area contributed by atoms with Crippen LogP contribution in [0.5, 0.6) is 0 Å². The third kappa shape index (κ3) is 4.30. The van der Waals surface area contributed by atoms with Crippen LogP contribution < -0.4 is 5.73 Å². The van der Waals surface area contributed by atoms with Gasteiger partial charge in [-0.25, -0.2) is 0 Å². The highest BCUT2D eigenvalue weighted by Gasteiger charge is 1.91. The van der Waals surface area contributed by atoms with Crippen molar-refractivity contribution in [1.29, 1.82) is 0 Å². The molecule has 2 nitrogen and oxygen atoms in total. The molecule has 0 aromatic carbocycles. The fourth-order valence-electron chi connectivity index (χ4n) is 0.442. The van der Waals surface area contributed by atoms with Crippen LogP contribution in [0.15, 0.2) is 24.8 Å². The van der Waals surface area contributed by atoms with E-state index in [1.807, 2.05) is 25.2 Å². The Kier molecular flexibility index (Phi) is 4.89. The van der Waals surface area contributed by atoms with E-state index in [0.29, 0.717) is 5.92 Å². The monoisotopic (exact) mass is 141 g/mol. The average molecular weight is 141 g/mol. The van der Waals surface area contributed by atoms with Gasteiger partial charge in [0.05, 0.1) is 0 Å². The Morgan fingerprint density at radius 1 is 1.50 bits per heavy atom. The van der Waals surface area contributed by atoms with Crippen LogP contribution >= 0.6 is 0 Å².